The van der Waals surface area contributed by atoms with Gasteiger partial charge in [-0.2, -0.15) is 4.98 Å². The predicted octanol–water partition coefficient (Wildman–Crippen LogP) is 2.74. The molecular weight excluding hydrogens is 254 g/mol. The summed E-state index contributed by atoms with van der Waals surface area (Å²) >= 11 is 0. The minimum absolute atomic E-state index is 0.0705. The van der Waals surface area contributed by atoms with Crippen molar-refractivity contribution in [1.29, 1.82) is 0 Å². The van der Waals surface area contributed by atoms with Crippen molar-refractivity contribution in [2.24, 2.45) is 0 Å². The fourth-order valence-corrected chi connectivity index (χ4v) is 1.97. The van der Waals surface area contributed by atoms with Crippen LogP contribution in [-0.4, -0.2) is 20.2 Å². The van der Waals surface area contributed by atoms with Gasteiger partial charge in [-0.1, -0.05) is 29.4 Å². The van der Waals surface area contributed by atoms with Gasteiger partial charge >= 0.3 is 0 Å². The lowest BCUT2D eigenvalue weighted by Gasteiger charge is -2.00. The zero-order chi connectivity index (χ0) is 13.9. The van der Waals surface area contributed by atoms with Gasteiger partial charge in [0.15, 0.2) is 5.82 Å². The van der Waals surface area contributed by atoms with E-state index in [0.29, 0.717) is 23.7 Å². The van der Waals surface area contributed by atoms with E-state index in [-0.39, 0.29) is 5.75 Å². The van der Waals surface area contributed by atoms with Crippen LogP contribution in [0.25, 0.3) is 11.5 Å². The molecule has 0 atom stereocenters. The van der Waals surface area contributed by atoms with Gasteiger partial charge in [0.05, 0.1) is 11.8 Å². The maximum atomic E-state index is 9.40. The zero-order valence-electron chi connectivity index (χ0n) is 10.9. The van der Waals surface area contributed by atoms with Crippen molar-refractivity contribution in [1.82, 2.24) is 15.1 Å². The smallest absolute Gasteiger partial charge is 0.259 e. The molecule has 0 saturated heterocycles. The van der Waals surface area contributed by atoms with Crippen LogP contribution in [0, 0.1) is 6.92 Å². The molecule has 3 aromatic rings. The maximum absolute atomic E-state index is 9.40. The Morgan fingerprint density at radius 2 is 2.05 bits per heavy atom. The van der Waals surface area contributed by atoms with Crippen molar-refractivity contribution in [3.63, 3.8) is 0 Å². The van der Waals surface area contributed by atoms with Crippen molar-refractivity contribution in [2.45, 2.75) is 13.3 Å². The molecule has 0 fully saturated rings. The summed E-state index contributed by atoms with van der Waals surface area (Å²) in [6.07, 6.45) is 3.54. The summed E-state index contributed by atoms with van der Waals surface area (Å²) in [6.45, 7) is 2.05. The Bertz CT molecular complexity index is 737. The summed E-state index contributed by atoms with van der Waals surface area (Å²) in [5.74, 6) is 1.04. The first kappa shape index (κ1) is 12.3. The van der Waals surface area contributed by atoms with Crippen LogP contribution in [0.5, 0.6) is 5.75 Å². The molecule has 1 aromatic carbocycles. The second-order valence-corrected chi connectivity index (χ2v) is 4.55. The number of benzene rings is 1. The first-order valence-electron chi connectivity index (χ1n) is 6.24. The van der Waals surface area contributed by atoms with Crippen LogP contribution in [0.4, 0.5) is 0 Å². The van der Waals surface area contributed by atoms with Gasteiger partial charge in [0, 0.05) is 12.6 Å². The lowest BCUT2D eigenvalue weighted by atomic mass is 10.1. The van der Waals surface area contributed by atoms with Crippen molar-refractivity contribution in [3.05, 3.63) is 59.7 Å². The summed E-state index contributed by atoms with van der Waals surface area (Å²) in [7, 11) is 0. The largest absolute Gasteiger partial charge is 0.506 e. The third-order valence-electron chi connectivity index (χ3n) is 3.05. The number of hydrogen-bond donors (Lipinski definition) is 1. The molecule has 0 aliphatic heterocycles. The molecule has 0 spiro atoms. The van der Waals surface area contributed by atoms with Crippen molar-refractivity contribution in [2.75, 3.05) is 0 Å². The Kier molecular flexibility index (Phi) is 3.16. The van der Waals surface area contributed by atoms with Gasteiger partial charge in [-0.05, 0) is 24.1 Å². The highest BCUT2D eigenvalue weighted by molar-refractivity contribution is 5.53. The van der Waals surface area contributed by atoms with Gasteiger partial charge in [-0.15, -0.1) is 0 Å². The standard InChI is InChI=1S/C15H13N3O2/c1-10-4-2-3-5-11(10)7-14-17-15(20-18-14)12-6-13(19)9-16-8-12/h2-6,8-9,19H,7H2,1H3. The van der Waals surface area contributed by atoms with E-state index in [0.717, 1.165) is 5.56 Å². The Hall–Kier alpha value is -2.69. The van der Waals surface area contributed by atoms with Crippen molar-refractivity contribution < 1.29 is 9.63 Å². The Labute approximate surface area is 115 Å². The second kappa shape index (κ2) is 5.13. The third-order valence-corrected chi connectivity index (χ3v) is 3.05. The van der Waals surface area contributed by atoms with Gasteiger partial charge in [0.2, 0.25) is 0 Å². The number of rotatable bonds is 3. The van der Waals surface area contributed by atoms with Gasteiger partial charge in [0.25, 0.3) is 5.89 Å². The molecule has 3 rings (SSSR count). The van der Waals surface area contributed by atoms with E-state index in [1.807, 2.05) is 18.2 Å². The molecule has 2 heterocycles. The monoisotopic (exact) mass is 267 g/mol. The van der Waals surface area contributed by atoms with Crippen LogP contribution < -0.4 is 0 Å². The molecule has 0 saturated carbocycles. The molecule has 20 heavy (non-hydrogen) atoms. The summed E-state index contributed by atoms with van der Waals surface area (Å²) in [4.78, 5) is 8.22. The Morgan fingerprint density at radius 1 is 1.20 bits per heavy atom. The number of pyridine rings is 1. The first-order valence-corrected chi connectivity index (χ1v) is 6.24. The highest BCUT2D eigenvalue weighted by atomic mass is 16.5. The molecule has 2 aromatic heterocycles. The summed E-state index contributed by atoms with van der Waals surface area (Å²) in [6, 6.07) is 9.62. The molecule has 0 bridgehead atoms. The number of aromatic nitrogens is 3. The lowest BCUT2D eigenvalue weighted by Crippen LogP contribution is -1.93. The highest BCUT2D eigenvalue weighted by Crippen LogP contribution is 2.21. The van der Waals surface area contributed by atoms with E-state index >= 15 is 0 Å². The predicted molar refractivity (Wildman–Crippen MR) is 73.2 cm³/mol. The van der Waals surface area contributed by atoms with Crippen LogP contribution in [-0.2, 0) is 6.42 Å². The molecule has 100 valence electrons. The minimum Gasteiger partial charge on any atom is -0.506 e. The van der Waals surface area contributed by atoms with E-state index in [1.165, 1.54) is 17.8 Å². The lowest BCUT2D eigenvalue weighted by molar-refractivity contribution is 0.423. The van der Waals surface area contributed by atoms with Gasteiger partial charge in [-0.25, -0.2) is 0 Å². The maximum Gasteiger partial charge on any atom is 0.259 e. The van der Waals surface area contributed by atoms with Crippen LogP contribution in [0.2, 0.25) is 0 Å². The molecule has 5 heteroatoms. The van der Waals surface area contributed by atoms with Crippen LogP contribution in [0.15, 0.2) is 47.2 Å². The topological polar surface area (TPSA) is 72.0 Å². The summed E-state index contributed by atoms with van der Waals surface area (Å²) < 4.78 is 5.21. The van der Waals surface area contributed by atoms with E-state index in [9.17, 15) is 5.11 Å². The van der Waals surface area contributed by atoms with Gasteiger partial charge < -0.3 is 9.63 Å². The molecular formula is C15H13N3O2. The molecule has 0 amide bonds. The highest BCUT2D eigenvalue weighted by Gasteiger charge is 2.11. The fourth-order valence-electron chi connectivity index (χ4n) is 1.97. The first-order chi connectivity index (χ1) is 9.72. The van der Waals surface area contributed by atoms with E-state index in [1.54, 1.807) is 6.20 Å². The summed E-state index contributed by atoms with van der Waals surface area (Å²) in [5.41, 5.74) is 2.96. The Balaban J connectivity index is 1.86. The van der Waals surface area contributed by atoms with E-state index in [2.05, 4.69) is 28.1 Å². The second-order valence-electron chi connectivity index (χ2n) is 4.55. The van der Waals surface area contributed by atoms with Crippen molar-refractivity contribution in [3.8, 4) is 17.2 Å². The number of nitrogens with zero attached hydrogens (tertiary/aromatic N) is 3. The van der Waals surface area contributed by atoms with Crippen molar-refractivity contribution >= 4 is 0 Å². The normalized spacial score (nSPS) is 10.7. The molecule has 5 nitrogen and oxygen atoms in total. The van der Waals surface area contributed by atoms with Crippen LogP contribution in [0.1, 0.15) is 17.0 Å². The number of aromatic hydroxyl groups is 1. The average molecular weight is 267 g/mol. The number of aryl methyl sites for hydroxylation is 1. The van der Waals surface area contributed by atoms with Gasteiger partial charge in [0.1, 0.15) is 5.75 Å². The van der Waals surface area contributed by atoms with E-state index < -0.39 is 0 Å². The van der Waals surface area contributed by atoms with Crippen LogP contribution in [0.3, 0.4) is 0 Å². The molecule has 0 radical (unpaired) electrons. The minimum atomic E-state index is 0.0705. The third kappa shape index (κ3) is 2.51. The molecule has 1 N–H and O–H groups in total. The van der Waals surface area contributed by atoms with Gasteiger partial charge in [-0.3, -0.25) is 4.98 Å². The SMILES string of the molecule is Cc1ccccc1Cc1noc(-c2cncc(O)c2)n1. The number of hydrogen-bond acceptors (Lipinski definition) is 5. The fraction of sp³-hybridized carbons (Fsp3) is 0.133. The quantitative estimate of drug-likeness (QED) is 0.790. The van der Waals surface area contributed by atoms with E-state index in [4.69, 9.17) is 4.52 Å². The zero-order valence-corrected chi connectivity index (χ0v) is 10.9. The molecule has 0 aliphatic carbocycles. The molecule has 0 aliphatic rings. The average Bonchev–Trinajstić information content (AvgIpc) is 2.90. The molecule has 0 unspecified atom stereocenters. The Morgan fingerprint density at radius 3 is 2.85 bits per heavy atom. The summed E-state index contributed by atoms with van der Waals surface area (Å²) in [5, 5.41) is 13.4. The van der Waals surface area contributed by atoms with Crippen LogP contribution >= 0.6 is 0 Å².